The van der Waals surface area contributed by atoms with Crippen LogP contribution in [0.1, 0.15) is 23.1 Å². The number of nitrogens with zero attached hydrogens (tertiary/aromatic N) is 5. The van der Waals surface area contributed by atoms with Crippen LogP contribution in [0.25, 0.3) is 5.69 Å². The van der Waals surface area contributed by atoms with Crippen molar-refractivity contribution in [2.24, 2.45) is 5.10 Å². The van der Waals surface area contributed by atoms with E-state index in [9.17, 15) is 4.79 Å². The van der Waals surface area contributed by atoms with Crippen molar-refractivity contribution < 1.29 is 4.74 Å². The Hall–Kier alpha value is -3.39. The molecule has 1 aromatic heterocycles. The van der Waals surface area contributed by atoms with Gasteiger partial charge in [-0.1, -0.05) is 59.6 Å². The highest BCUT2D eigenvalue weighted by Crippen LogP contribution is 2.24. The Morgan fingerprint density at radius 3 is 2.36 bits per heavy atom. The zero-order valence-corrected chi connectivity index (χ0v) is 21.3. The van der Waals surface area contributed by atoms with E-state index in [1.165, 1.54) is 10.2 Å². The van der Waals surface area contributed by atoms with Crippen molar-refractivity contribution in [3.63, 3.8) is 0 Å². The molecule has 1 aliphatic rings. The molecular weight excluding hydrogens is 497 g/mol. The number of fused-ring (bicyclic) bond motifs is 1. The van der Waals surface area contributed by atoms with E-state index < -0.39 is 0 Å². The summed E-state index contributed by atoms with van der Waals surface area (Å²) < 4.78 is 8.27. The Morgan fingerprint density at radius 1 is 0.944 bits per heavy atom. The van der Waals surface area contributed by atoms with E-state index in [0.29, 0.717) is 41.4 Å². The first-order chi connectivity index (χ1) is 17.5. The van der Waals surface area contributed by atoms with Crippen LogP contribution in [-0.4, -0.2) is 40.3 Å². The standard InChI is InChI=1S/C27H25Cl2N5O2/c1-36-18-17-32-26(31-34(27(32)35)23-14-12-22(29)13-15-23)33-16-4-6-19-5-2-3-7-24(19)25(30-33)20-8-10-21(28)11-9-20/h2-3,5,7-15H,4,6,16-18H2,1H3/b30-25-. The van der Waals surface area contributed by atoms with Crippen molar-refractivity contribution in [2.75, 3.05) is 25.3 Å². The third-order valence-corrected chi connectivity index (χ3v) is 6.59. The van der Waals surface area contributed by atoms with Crippen molar-refractivity contribution in [1.29, 1.82) is 0 Å². The predicted octanol–water partition coefficient (Wildman–Crippen LogP) is 5.19. The summed E-state index contributed by atoms with van der Waals surface area (Å²) in [5, 5.41) is 12.9. The molecule has 0 N–H and O–H groups in total. The van der Waals surface area contributed by atoms with Gasteiger partial charge in [0, 0.05) is 34.8 Å². The number of rotatable bonds is 6. The lowest BCUT2D eigenvalue weighted by molar-refractivity contribution is 0.186. The third kappa shape index (κ3) is 4.95. The van der Waals surface area contributed by atoms with Crippen LogP contribution in [0, 0.1) is 0 Å². The fraction of sp³-hybridized carbons (Fsp3) is 0.222. The molecule has 3 aromatic carbocycles. The molecule has 0 atom stereocenters. The minimum Gasteiger partial charge on any atom is -0.383 e. The van der Waals surface area contributed by atoms with Crippen molar-refractivity contribution in [1.82, 2.24) is 14.3 Å². The molecule has 0 amide bonds. The molecule has 0 radical (unpaired) electrons. The topological polar surface area (TPSA) is 64.7 Å². The molecule has 0 unspecified atom stereocenters. The second kappa shape index (κ2) is 10.7. The van der Waals surface area contributed by atoms with Gasteiger partial charge in [-0.15, -0.1) is 5.10 Å². The van der Waals surface area contributed by atoms with Gasteiger partial charge in [-0.25, -0.2) is 9.80 Å². The summed E-state index contributed by atoms with van der Waals surface area (Å²) in [6, 6.07) is 22.9. The van der Waals surface area contributed by atoms with E-state index in [1.54, 1.807) is 35.9 Å². The molecule has 9 heteroatoms. The highest BCUT2D eigenvalue weighted by Gasteiger charge is 2.24. The number of ether oxygens (including phenoxy) is 1. The smallest absolute Gasteiger partial charge is 0.352 e. The van der Waals surface area contributed by atoms with Crippen molar-refractivity contribution in [3.8, 4) is 5.69 Å². The van der Waals surface area contributed by atoms with Gasteiger partial charge < -0.3 is 4.74 Å². The monoisotopic (exact) mass is 521 g/mol. The Labute approximate surface area is 219 Å². The first-order valence-electron chi connectivity index (χ1n) is 11.7. The van der Waals surface area contributed by atoms with Gasteiger partial charge in [0.25, 0.3) is 0 Å². The first-order valence-corrected chi connectivity index (χ1v) is 12.5. The van der Waals surface area contributed by atoms with E-state index in [2.05, 4.69) is 12.1 Å². The number of aryl methyl sites for hydroxylation is 1. The second-order valence-electron chi connectivity index (χ2n) is 8.45. The van der Waals surface area contributed by atoms with Crippen LogP contribution in [-0.2, 0) is 17.7 Å². The molecule has 36 heavy (non-hydrogen) atoms. The summed E-state index contributed by atoms with van der Waals surface area (Å²) in [4.78, 5) is 13.4. The molecular formula is C27H25Cl2N5O2. The van der Waals surface area contributed by atoms with Crippen LogP contribution in [0.5, 0.6) is 0 Å². The van der Waals surface area contributed by atoms with E-state index in [-0.39, 0.29) is 5.69 Å². The number of hydrazone groups is 1. The molecule has 184 valence electrons. The van der Waals surface area contributed by atoms with Gasteiger partial charge in [-0.05, 0) is 54.8 Å². The summed E-state index contributed by atoms with van der Waals surface area (Å²) in [5.41, 5.74) is 4.37. The van der Waals surface area contributed by atoms with Gasteiger partial charge in [-0.2, -0.15) is 9.78 Å². The summed E-state index contributed by atoms with van der Waals surface area (Å²) >= 11 is 12.2. The molecule has 0 fully saturated rings. The quantitative estimate of drug-likeness (QED) is 0.350. The Bertz CT molecular complexity index is 1440. The van der Waals surface area contributed by atoms with Gasteiger partial charge in [0.15, 0.2) is 0 Å². The average Bonchev–Trinajstić information content (AvgIpc) is 3.20. The minimum atomic E-state index is -0.268. The van der Waals surface area contributed by atoms with Crippen molar-refractivity contribution in [2.45, 2.75) is 19.4 Å². The number of halogens is 2. The maximum atomic E-state index is 13.4. The molecule has 0 saturated heterocycles. The molecule has 2 heterocycles. The maximum Gasteiger partial charge on any atom is 0.352 e. The SMILES string of the molecule is COCCn1c(N2CCCc3ccccc3/C(c3ccc(Cl)cc3)=N\2)nn(-c2ccc(Cl)cc2)c1=O. The lowest BCUT2D eigenvalue weighted by atomic mass is 9.94. The molecule has 4 aromatic rings. The number of anilines is 1. The van der Waals surface area contributed by atoms with E-state index in [1.807, 2.05) is 41.4 Å². The second-order valence-corrected chi connectivity index (χ2v) is 9.33. The van der Waals surface area contributed by atoms with Crippen LogP contribution >= 0.6 is 23.2 Å². The van der Waals surface area contributed by atoms with Gasteiger partial charge in [0.1, 0.15) is 0 Å². The van der Waals surface area contributed by atoms with Gasteiger partial charge in [0.2, 0.25) is 5.95 Å². The average molecular weight is 522 g/mol. The van der Waals surface area contributed by atoms with Crippen molar-refractivity contribution in [3.05, 3.63) is 110 Å². The molecule has 0 bridgehead atoms. The molecule has 5 rings (SSSR count). The van der Waals surface area contributed by atoms with Crippen LogP contribution in [0.15, 0.2) is 82.7 Å². The normalized spacial score (nSPS) is 15.1. The summed E-state index contributed by atoms with van der Waals surface area (Å²) in [6.07, 6.45) is 1.72. The summed E-state index contributed by atoms with van der Waals surface area (Å²) in [7, 11) is 1.61. The lowest BCUT2D eigenvalue weighted by Crippen LogP contribution is -2.30. The highest BCUT2D eigenvalue weighted by molar-refractivity contribution is 6.31. The number of hydrogen-bond acceptors (Lipinski definition) is 5. The van der Waals surface area contributed by atoms with Crippen molar-refractivity contribution >= 4 is 34.9 Å². The van der Waals surface area contributed by atoms with E-state index >= 15 is 0 Å². The summed E-state index contributed by atoms with van der Waals surface area (Å²) in [5.74, 6) is 0.456. The van der Waals surface area contributed by atoms with E-state index in [4.69, 9.17) is 38.1 Å². The summed E-state index contributed by atoms with van der Waals surface area (Å²) in [6.45, 7) is 1.30. The van der Waals surface area contributed by atoms with Gasteiger partial charge in [-0.3, -0.25) is 4.57 Å². The lowest BCUT2D eigenvalue weighted by Gasteiger charge is -2.24. The first kappa shape index (κ1) is 24.3. The maximum absolute atomic E-state index is 13.4. The van der Waals surface area contributed by atoms with Crippen LogP contribution in [0.2, 0.25) is 10.0 Å². The fourth-order valence-electron chi connectivity index (χ4n) is 4.28. The molecule has 0 spiro atoms. The zero-order chi connectivity index (χ0) is 25.1. The number of methoxy groups -OCH3 is 1. The Balaban J connectivity index is 1.67. The highest BCUT2D eigenvalue weighted by atomic mass is 35.5. The number of hydrogen-bond donors (Lipinski definition) is 0. The Morgan fingerprint density at radius 2 is 1.64 bits per heavy atom. The Kier molecular flexibility index (Phi) is 7.23. The van der Waals surface area contributed by atoms with Crippen LogP contribution in [0.3, 0.4) is 0 Å². The molecule has 1 aliphatic heterocycles. The van der Waals surface area contributed by atoms with Gasteiger partial charge >= 0.3 is 5.69 Å². The van der Waals surface area contributed by atoms with E-state index in [0.717, 1.165) is 29.7 Å². The zero-order valence-electron chi connectivity index (χ0n) is 19.8. The van der Waals surface area contributed by atoms with Crippen LogP contribution in [0.4, 0.5) is 5.95 Å². The van der Waals surface area contributed by atoms with Gasteiger partial charge in [0.05, 0.1) is 24.6 Å². The molecule has 7 nitrogen and oxygen atoms in total. The third-order valence-electron chi connectivity index (χ3n) is 6.09. The minimum absolute atomic E-state index is 0.268. The molecule has 0 saturated carbocycles. The number of aromatic nitrogens is 3. The number of benzene rings is 3. The fourth-order valence-corrected chi connectivity index (χ4v) is 4.54. The van der Waals surface area contributed by atoms with Crippen LogP contribution < -0.4 is 10.7 Å². The largest absolute Gasteiger partial charge is 0.383 e. The molecule has 0 aliphatic carbocycles. The predicted molar refractivity (Wildman–Crippen MR) is 144 cm³/mol.